The van der Waals surface area contributed by atoms with Crippen molar-refractivity contribution >= 4 is 0 Å². The van der Waals surface area contributed by atoms with E-state index in [0.717, 1.165) is 24.3 Å². The molecular weight excluding hydrogens is 256 g/mol. The Morgan fingerprint density at radius 1 is 0.952 bits per heavy atom. The minimum atomic E-state index is -0.0435. The van der Waals surface area contributed by atoms with Gasteiger partial charge in [0.1, 0.15) is 0 Å². The molecule has 0 aliphatic carbocycles. The van der Waals surface area contributed by atoms with E-state index in [-0.39, 0.29) is 5.92 Å². The first kappa shape index (κ1) is 17.3. The van der Waals surface area contributed by atoms with E-state index in [0.29, 0.717) is 5.56 Å². The van der Waals surface area contributed by atoms with E-state index in [1.165, 1.54) is 32.1 Å². The van der Waals surface area contributed by atoms with Crippen LogP contribution in [0, 0.1) is 28.6 Å². The molecule has 0 saturated carbocycles. The lowest BCUT2D eigenvalue weighted by molar-refractivity contribution is 0.399. The Labute approximate surface area is 129 Å². The number of benzene rings is 1. The van der Waals surface area contributed by atoms with Crippen LogP contribution in [0.5, 0.6) is 0 Å². The van der Waals surface area contributed by atoms with Gasteiger partial charge in [0.2, 0.25) is 0 Å². The molecule has 0 fully saturated rings. The predicted octanol–water partition coefficient (Wildman–Crippen LogP) is 5.55. The Morgan fingerprint density at radius 2 is 1.67 bits per heavy atom. The van der Waals surface area contributed by atoms with Crippen molar-refractivity contribution in [3.05, 3.63) is 35.4 Å². The highest BCUT2D eigenvalue weighted by Gasteiger charge is 2.14. The first-order valence-electron chi connectivity index (χ1n) is 8.14. The standard InChI is InChI=1S/C19H26N2/c1-3-5-6-7-16(4-2)8-13-19(15-21)18-11-9-17(14-20)10-12-18/h9-12,16,19H,3-8,13H2,1-2H3. The molecule has 0 spiro atoms. The Morgan fingerprint density at radius 3 is 2.19 bits per heavy atom. The average Bonchev–Trinajstić information content (AvgIpc) is 2.54. The van der Waals surface area contributed by atoms with Crippen molar-refractivity contribution in [2.24, 2.45) is 5.92 Å². The fraction of sp³-hybridized carbons (Fsp3) is 0.579. The van der Waals surface area contributed by atoms with Crippen molar-refractivity contribution in [1.82, 2.24) is 0 Å². The van der Waals surface area contributed by atoms with Gasteiger partial charge in [0, 0.05) is 0 Å². The van der Waals surface area contributed by atoms with Gasteiger partial charge in [-0.15, -0.1) is 0 Å². The van der Waals surface area contributed by atoms with Gasteiger partial charge < -0.3 is 0 Å². The van der Waals surface area contributed by atoms with E-state index in [4.69, 9.17) is 5.26 Å². The third-order valence-electron chi connectivity index (χ3n) is 4.25. The molecule has 0 saturated heterocycles. The molecule has 112 valence electrons. The van der Waals surface area contributed by atoms with Crippen LogP contribution in [0.1, 0.15) is 75.8 Å². The number of hydrogen-bond donors (Lipinski definition) is 0. The SMILES string of the molecule is CCCCCC(CC)CCC(C#N)c1ccc(C#N)cc1. The Kier molecular flexibility index (Phi) is 8.22. The first-order valence-corrected chi connectivity index (χ1v) is 8.14. The molecule has 2 nitrogen and oxygen atoms in total. The molecule has 2 atom stereocenters. The van der Waals surface area contributed by atoms with Crippen LogP contribution in [-0.2, 0) is 0 Å². The molecule has 0 radical (unpaired) electrons. The summed E-state index contributed by atoms with van der Waals surface area (Å²) in [6.45, 7) is 4.48. The molecule has 1 rings (SSSR count). The second-order valence-corrected chi connectivity index (χ2v) is 5.76. The second-order valence-electron chi connectivity index (χ2n) is 5.76. The summed E-state index contributed by atoms with van der Waals surface area (Å²) in [5, 5.41) is 18.2. The zero-order chi connectivity index (χ0) is 15.5. The minimum absolute atomic E-state index is 0.0435. The van der Waals surface area contributed by atoms with Gasteiger partial charge in [-0.05, 0) is 36.5 Å². The lowest BCUT2D eigenvalue weighted by Crippen LogP contribution is -2.03. The molecule has 2 unspecified atom stereocenters. The van der Waals surface area contributed by atoms with E-state index in [1.807, 2.05) is 12.1 Å². The van der Waals surface area contributed by atoms with E-state index >= 15 is 0 Å². The fourth-order valence-electron chi connectivity index (χ4n) is 2.73. The van der Waals surface area contributed by atoms with Crippen molar-refractivity contribution in [3.8, 4) is 12.1 Å². The van der Waals surface area contributed by atoms with Crippen LogP contribution in [0.25, 0.3) is 0 Å². The van der Waals surface area contributed by atoms with Crippen LogP contribution < -0.4 is 0 Å². The van der Waals surface area contributed by atoms with Gasteiger partial charge in [-0.25, -0.2) is 0 Å². The maximum Gasteiger partial charge on any atom is 0.0991 e. The van der Waals surface area contributed by atoms with Gasteiger partial charge in [0.15, 0.2) is 0 Å². The third-order valence-corrected chi connectivity index (χ3v) is 4.25. The monoisotopic (exact) mass is 282 g/mol. The molecular formula is C19H26N2. The van der Waals surface area contributed by atoms with Crippen molar-refractivity contribution < 1.29 is 0 Å². The molecule has 1 aromatic carbocycles. The zero-order valence-corrected chi connectivity index (χ0v) is 13.3. The minimum Gasteiger partial charge on any atom is -0.198 e. The molecule has 0 N–H and O–H groups in total. The lowest BCUT2D eigenvalue weighted by atomic mass is 9.87. The highest BCUT2D eigenvalue weighted by atomic mass is 14.3. The Balaban J connectivity index is 2.53. The van der Waals surface area contributed by atoms with E-state index in [9.17, 15) is 5.26 Å². The maximum atomic E-state index is 9.39. The topological polar surface area (TPSA) is 47.6 Å². The normalized spacial score (nSPS) is 13.1. The molecule has 0 amide bonds. The van der Waals surface area contributed by atoms with Crippen LogP contribution >= 0.6 is 0 Å². The van der Waals surface area contributed by atoms with Crippen LogP contribution in [-0.4, -0.2) is 0 Å². The maximum absolute atomic E-state index is 9.39. The van der Waals surface area contributed by atoms with E-state index in [1.54, 1.807) is 12.1 Å². The molecule has 0 aromatic heterocycles. The number of nitriles is 2. The van der Waals surface area contributed by atoms with E-state index < -0.39 is 0 Å². The average molecular weight is 282 g/mol. The summed E-state index contributed by atoms with van der Waals surface area (Å²) < 4.78 is 0. The predicted molar refractivity (Wildman–Crippen MR) is 86.7 cm³/mol. The number of hydrogen-bond acceptors (Lipinski definition) is 2. The van der Waals surface area contributed by atoms with Gasteiger partial charge in [0.05, 0.1) is 23.6 Å². The van der Waals surface area contributed by atoms with E-state index in [2.05, 4.69) is 26.0 Å². The first-order chi connectivity index (χ1) is 10.2. The number of unbranched alkanes of at least 4 members (excludes halogenated alkanes) is 2. The van der Waals surface area contributed by atoms with Gasteiger partial charge in [-0.3, -0.25) is 0 Å². The molecule has 1 aromatic rings. The summed E-state index contributed by atoms with van der Waals surface area (Å²) in [6.07, 6.45) is 8.43. The smallest absolute Gasteiger partial charge is 0.0991 e. The summed E-state index contributed by atoms with van der Waals surface area (Å²) in [6, 6.07) is 12.0. The summed E-state index contributed by atoms with van der Waals surface area (Å²) in [7, 11) is 0. The van der Waals surface area contributed by atoms with Gasteiger partial charge in [-0.1, -0.05) is 58.1 Å². The molecule has 0 aliphatic rings. The molecule has 2 heteroatoms. The molecule has 0 heterocycles. The summed E-state index contributed by atoms with van der Waals surface area (Å²) in [5.41, 5.74) is 1.70. The summed E-state index contributed by atoms with van der Waals surface area (Å²) in [4.78, 5) is 0. The van der Waals surface area contributed by atoms with Gasteiger partial charge in [0.25, 0.3) is 0 Å². The largest absolute Gasteiger partial charge is 0.198 e. The third kappa shape index (κ3) is 6.01. The van der Waals surface area contributed by atoms with Gasteiger partial charge >= 0.3 is 0 Å². The number of rotatable bonds is 9. The Bertz CT molecular complexity index is 476. The second kappa shape index (κ2) is 10.0. The zero-order valence-electron chi connectivity index (χ0n) is 13.3. The highest BCUT2D eigenvalue weighted by Crippen LogP contribution is 2.26. The molecule has 21 heavy (non-hydrogen) atoms. The summed E-state index contributed by atoms with van der Waals surface area (Å²) in [5.74, 6) is 0.698. The van der Waals surface area contributed by atoms with Crippen LogP contribution in [0.15, 0.2) is 24.3 Å². The molecule has 0 bridgehead atoms. The quantitative estimate of drug-likeness (QED) is 0.557. The lowest BCUT2D eigenvalue weighted by Gasteiger charge is -2.17. The number of nitrogens with zero attached hydrogens (tertiary/aromatic N) is 2. The van der Waals surface area contributed by atoms with Crippen molar-refractivity contribution in [2.45, 2.75) is 64.7 Å². The van der Waals surface area contributed by atoms with Gasteiger partial charge in [-0.2, -0.15) is 10.5 Å². The summed E-state index contributed by atoms with van der Waals surface area (Å²) >= 11 is 0. The van der Waals surface area contributed by atoms with Crippen molar-refractivity contribution in [3.63, 3.8) is 0 Å². The molecule has 0 aliphatic heterocycles. The van der Waals surface area contributed by atoms with Crippen LogP contribution in [0.3, 0.4) is 0 Å². The van der Waals surface area contributed by atoms with Crippen molar-refractivity contribution in [1.29, 1.82) is 10.5 Å². The van der Waals surface area contributed by atoms with Crippen LogP contribution in [0.4, 0.5) is 0 Å². The van der Waals surface area contributed by atoms with Crippen molar-refractivity contribution in [2.75, 3.05) is 0 Å². The van der Waals surface area contributed by atoms with Crippen LogP contribution in [0.2, 0.25) is 0 Å². The highest BCUT2D eigenvalue weighted by molar-refractivity contribution is 5.34. The Hall–Kier alpha value is -1.80. The fourth-order valence-corrected chi connectivity index (χ4v) is 2.73.